The van der Waals surface area contributed by atoms with E-state index >= 15 is 0 Å². The molecule has 0 saturated carbocycles. The van der Waals surface area contributed by atoms with Crippen LogP contribution >= 0.6 is 23.4 Å². The Bertz CT molecular complexity index is 1000. The van der Waals surface area contributed by atoms with Crippen LogP contribution < -0.4 is 10.2 Å². The molecule has 8 heteroatoms. The lowest BCUT2D eigenvalue weighted by Crippen LogP contribution is -2.29. The number of hydrogen-bond acceptors (Lipinski definition) is 4. The average molecular weight is 402 g/mol. The van der Waals surface area contributed by atoms with Gasteiger partial charge in [-0.2, -0.15) is 0 Å². The molecule has 5 nitrogen and oxygen atoms in total. The van der Waals surface area contributed by atoms with Crippen LogP contribution in [-0.2, 0) is 9.59 Å². The predicted molar refractivity (Wildman–Crippen MR) is 106 cm³/mol. The highest BCUT2D eigenvalue weighted by Gasteiger charge is 2.38. The van der Waals surface area contributed by atoms with Gasteiger partial charge in [0, 0.05) is 18.0 Å². The Morgan fingerprint density at radius 1 is 1.11 bits per heavy atom. The summed E-state index contributed by atoms with van der Waals surface area (Å²) in [4.78, 5) is 31.6. The highest BCUT2D eigenvalue weighted by molar-refractivity contribution is 8.18. The van der Waals surface area contributed by atoms with Crippen molar-refractivity contribution in [1.82, 2.24) is 5.32 Å². The molecule has 1 N–H and O–H groups in total. The third-order valence-electron chi connectivity index (χ3n) is 4.14. The van der Waals surface area contributed by atoms with Gasteiger partial charge in [-0.15, -0.1) is 11.6 Å². The number of nitrogens with one attached hydrogen (secondary N) is 1. The zero-order chi connectivity index (χ0) is 19.0. The Balaban J connectivity index is 1.74. The maximum Gasteiger partial charge on any atom is 0.264 e. The fourth-order valence-corrected chi connectivity index (χ4v) is 4.08. The summed E-state index contributed by atoms with van der Waals surface area (Å²) in [7, 11) is 0. The van der Waals surface area contributed by atoms with Crippen LogP contribution in [0.1, 0.15) is 5.56 Å². The van der Waals surface area contributed by atoms with E-state index in [4.69, 9.17) is 11.6 Å². The third kappa shape index (κ3) is 3.24. The number of rotatable bonds is 3. The fourth-order valence-electron chi connectivity index (χ4n) is 2.98. The van der Waals surface area contributed by atoms with E-state index in [1.807, 2.05) is 24.3 Å². The van der Waals surface area contributed by atoms with E-state index in [2.05, 4.69) is 10.3 Å². The quantitative estimate of drug-likeness (QED) is 0.630. The van der Waals surface area contributed by atoms with Crippen LogP contribution in [0.3, 0.4) is 0 Å². The van der Waals surface area contributed by atoms with Crippen LogP contribution in [0.15, 0.2) is 58.4 Å². The summed E-state index contributed by atoms with van der Waals surface area (Å²) >= 11 is 6.93. The Morgan fingerprint density at radius 2 is 1.85 bits per heavy atom. The van der Waals surface area contributed by atoms with Gasteiger partial charge in [-0.1, -0.05) is 18.2 Å². The molecule has 1 fully saturated rings. The molecule has 0 bridgehead atoms. The summed E-state index contributed by atoms with van der Waals surface area (Å²) in [6.07, 6.45) is 0. The number of aliphatic imine (C=N–C) groups is 1. The Hall–Kier alpha value is -2.64. The number of thioether (sulfide) groups is 1. The number of amides is 2. The molecule has 1 saturated heterocycles. The summed E-state index contributed by atoms with van der Waals surface area (Å²) in [5, 5.41) is 3.01. The van der Waals surface area contributed by atoms with Crippen LogP contribution in [0.25, 0.3) is 5.57 Å². The highest BCUT2D eigenvalue weighted by atomic mass is 35.5. The van der Waals surface area contributed by atoms with Crippen molar-refractivity contribution in [2.24, 2.45) is 4.99 Å². The molecule has 2 amide bonds. The molecule has 27 heavy (non-hydrogen) atoms. The summed E-state index contributed by atoms with van der Waals surface area (Å²) < 4.78 is 13.0. The van der Waals surface area contributed by atoms with Crippen molar-refractivity contribution in [3.63, 3.8) is 0 Å². The van der Waals surface area contributed by atoms with E-state index in [0.29, 0.717) is 39.3 Å². The van der Waals surface area contributed by atoms with Crippen LogP contribution in [0, 0.1) is 5.82 Å². The number of benzene rings is 2. The molecular weight excluding hydrogens is 389 g/mol. The SMILES string of the molecule is O=C1NC(=Nc2ccc(F)cc2)SC1=C1C(=O)N(CCCl)c2ccccc21. The minimum atomic E-state index is -0.383. The van der Waals surface area contributed by atoms with E-state index in [9.17, 15) is 14.0 Å². The van der Waals surface area contributed by atoms with Gasteiger partial charge in [0.1, 0.15) is 5.82 Å². The molecule has 2 aliphatic rings. The first-order valence-electron chi connectivity index (χ1n) is 8.13. The molecule has 0 aliphatic carbocycles. The highest BCUT2D eigenvalue weighted by Crippen LogP contribution is 2.42. The van der Waals surface area contributed by atoms with Crippen molar-refractivity contribution in [3.8, 4) is 0 Å². The molecule has 2 aromatic rings. The number of amidine groups is 1. The number of alkyl halides is 1. The van der Waals surface area contributed by atoms with Crippen molar-refractivity contribution in [2.75, 3.05) is 17.3 Å². The average Bonchev–Trinajstić information content (AvgIpc) is 3.15. The Morgan fingerprint density at radius 3 is 2.59 bits per heavy atom. The lowest BCUT2D eigenvalue weighted by atomic mass is 10.1. The molecule has 0 aromatic heterocycles. The van der Waals surface area contributed by atoms with Gasteiger partial charge in [-0.25, -0.2) is 9.38 Å². The summed E-state index contributed by atoms with van der Waals surface area (Å²) in [6.45, 7) is 0.358. The topological polar surface area (TPSA) is 61.8 Å². The lowest BCUT2D eigenvalue weighted by molar-refractivity contribution is -0.116. The van der Waals surface area contributed by atoms with Crippen LogP contribution in [0.5, 0.6) is 0 Å². The summed E-state index contributed by atoms with van der Waals surface area (Å²) in [5.74, 6) is -0.707. The van der Waals surface area contributed by atoms with Gasteiger partial charge in [0.25, 0.3) is 11.8 Å². The molecule has 2 aromatic carbocycles. The van der Waals surface area contributed by atoms with E-state index in [-0.39, 0.29) is 17.6 Å². The molecule has 0 radical (unpaired) electrons. The second-order valence-corrected chi connectivity index (χ2v) is 7.19. The van der Waals surface area contributed by atoms with Gasteiger partial charge in [0.15, 0.2) is 5.17 Å². The Kier molecular flexibility index (Phi) is 4.72. The number of carbonyl (C=O) groups excluding carboxylic acids is 2. The van der Waals surface area contributed by atoms with E-state index < -0.39 is 0 Å². The molecular formula is C19H13ClFN3O2S. The second-order valence-electron chi connectivity index (χ2n) is 5.82. The van der Waals surface area contributed by atoms with Crippen LogP contribution in [0.4, 0.5) is 15.8 Å². The maximum absolute atomic E-state index is 13.0. The van der Waals surface area contributed by atoms with Gasteiger partial charge in [0.2, 0.25) is 0 Å². The minimum absolute atomic E-state index is 0.252. The van der Waals surface area contributed by atoms with Crippen molar-refractivity contribution in [1.29, 1.82) is 0 Å². The van der Waals surface area contributed by atoms with Gasteiger partial charge < -0.3 is 10.2 Å². The van der Waals surface area contributed by atoms with Gasteiger partial charge >= 0.3 is 0 Å². The molecule has 2 aliphatic heterocycles. The first kappa shape index (κ1) is 17.8. The molecule has 0 spiro atoms. The van der Waals surface area contributed by atoms with E-state index in [1.54, 1.807) is 4.90 Å². The van der Waals surface area contributed by atoms with Crippen LogP contribution in [0.2, 0.25) is 0 Å². The molecule has 2 heterocycles. The maximum atomic E-state index is 13.0. The van der Waals surface area contributed by atoms with Gasteiger partial charge in [0.05, 0.1) is 21.9 Å². The smallest absolute Gasteiger partial charge is 0.264 e. The van der Waals surface area contributed by atoms with Crippen molar-refractivity contribution in [3.05, 3.63) is 64.8 Å². The van der Waals surface area contributed by atoms with E-state index in [1.165, 1.54) is 24.3 Å². The number of hydrogen-bond donors (Lipinski definition) is 1. The largest absolute Gasteiger partial charge is 0.306 e. The number of anilines is 1. The van der Waals surface area contributed by atoms with Gasteiger partial charge in [-0.3, -0.25) is 9.59 Å². The zero-order valence-corrected chi connectivity index (χ0v) is 15.5. The number of halogens is 2. The standard InChI is InChI=1S/C19H13ClFN3O2S/c20-9-10-24-14-4-2-1-3-13(14)15(18(24)26)16-17(25)23-19(27-16)22-12-7-5-11(21)6-8-12/h1-8H,9-10H2,(H,22,23,25). The summed E-state index contributed by atoms with van der Waals surface area (Å²) in [5.41, 5.74) is 2.30. The summed E-state index contributed by atoms with van der Waals surface area (Å²) in [6, 6.07) is 12.9. The molecule has 0 unspecified atom stereocenters. The van der Waals surface area contributed by atoms with Crippen molar-refractivity contribution in [2.45, 2.75) is 0 Å². The first-order valence-corrected chi connectivity index (χ1v) is 9.48. The Labute approximate surface area is 163 Å². The lowest BCUT2D eigenvalue weighted by Gasteiger charge is -2.14. The van der Waals surface area contributed by atoms with Crippen molar-refractivity contribution >= 4 is 57.3 Å². The minimum Gasteiger partial charge on any atom is -0.306 e. The number of nitrogens with zero attached hydrogens (tertiary/aromatic N) is 2. The van der Waals surface area contributed by atoms with Gasteiger partial charge in [-0.05, 0) is 42.1 Å². The van der Waals surface area contributed by atoms with Crippen LogP contribution in [-0.4, -0.2) is 29.4 Å². The fraction of sp³-hybridized carbons (Fsp3) is 0.105. The predicted octanol–water partition coefficient (Wildman–Crippen LogP) is 3.67. The number of carbonyl (C=O) groups is 2. The molecule has 4 rings (SSSR count). The van der Waals surface area contributed by atoms with E-state index in [0.717, 1.165) is 17.4 Å². The number of para-hydroxylation sites is 1. The monoisotopic (exact) mass is 401 g/mol. The first-order chi connectivity index (χ1) is 13.1. The zero-order valence-electron chi connectivity index (χ0n) is 13.9. The number of fused-ring (bicyclic) bond motifs is 1. The van der Waals surface area contributed by atoms with Crippen molar-refractivity contribution < 1.29 is 14.0 Å². The normalized spacial score (nSPS) is 20.4. The molecule has 136 valence electrons. The molecule has 0 atom stereocenters. The second kappa shape index (κ2) is 7.17. The third-order valence-corrected chi connectivity index (χ3v) is 5.29.